The Hall–Kier alpha value is 0.137. The molecule has 0 heterocycles. The van der Waals surface area contributed by atoms with Gasteiger partial charge in [-0.2, -0.15) is 0 Å². The SMILES string of the molecule is CCC(CC)[SiH2]OC(C)OC. The maximum atomic E-state index is 5.55. The maximum Gasteiger partial charge on any atom is 0.168 e. The van der Waals surface area contributed by atoms with Gasteiger partial charge in [-0.05, 0) is 12.5 Å². The van der Waals surface area contributed by atoms with E-state index in [0.29, 0.717) is 0 Å². The van der Waals surface area contributed by atoms with Crippen molar-refractivity contribution in [1.29, 1.82) is 0 Å². The zero-order chi connectivity index (χ0) is 8.69. The summed E-state index contributed by atoms with van der Waals surface area (Å²) in [6, 6.07) is 0. The Labute approximate surface area is 72.2 Å². The van der Waals surface area contributed by atoms with E-state index in [-0.39, 0.29) is 16.1 Å². The maximum absolute atomic E-state index is 5.55. The van der Waals surface area contributed by atoms with Crippen LogP contribution in [0.5, 0.6) is 0 Å². The van der Waals surface area contributed by atoms with Crippen LogP contribution in [0.1, 0.15) is 33.6 Å². The minimum atomic E-state index is -0.358. The summed E-state index contributed by atoms with van der Waals surface area (Å²) in [5, 5.41) is 0. The average molecular weight is 176 g/mol. The Morgan fingerprint density at radius 3 is 2.18 bits per heavy atom. The van der Waals surface area contributed by atoms with Crippen molar-refractivity contribution in [1.82, 2.24) is 0 Å². The summed E-state index contributed by atoms with van der Waals surface area (Å²) in [4.78, 5) is 0. The zero-order valence-electron chi connectivity index (χ0n) is 8.09. The third-order valence-corrected chi connectivity index (χ3v) is 4.34. The molecule has 1 unspecified atom stereocenters. The number of methoxy groups -OCH3 is 1. The molecule has 0 aliphatic rings. The molecule has 0 aromatic heterocycles. The lowest BCUT2D eigenvalue weighted by Crippen LogP contribution is -2.16. The van der Waals surface area contributed by atoms with Crippen LogP contribution in [-0.2, 0) is 9.16 Å². The summed E-state index contributed by atoms with van der Waals surface area (Å²) in [5.41, 5.74) is 0.826. The van der Waals surface area contributed by atoms with Crippen molar-refractivity contribution in [2.75, 3.05) is 7.11 Å². The molecular weight excluding hydrogens is 156 g/mol. The number of rotatable bonds is 6. The van der Waals surface area contributed by atoms with Gasteiger partial charge in [-0.3, -0.25) is 0 Å². The van der Waals surface area contributed by atoms with Crippen LogP contribution in [0.4, 0.5) is 0 Å². The van der Waals surface area contributed by atoms with Gasteiger partial charge in [-0.1, -0.05) is 26.7 Å². The molecule has 0 radical (unpaired) electrons. The molecule has 3 heteroatoms. The first kappa shape index (κ1) is 11.1. The smallest absolute Gasteiger partial charge is 0.168 e. The van der Waals surface area contributed by atoms with Gasteiger partial charge in [-0.25, -0.2) is 0 Å². The second kappa shape index (κ2) is 6.82. The second-order valence-corrected chi connectivity index (χ2v) is 4.64. The van der Waals surface area contributed by atoms with Gasteiger partial charge in [0, 0.05) is 7.11 Å². The molecule has 0 bridgehead atoms. The van der Waals surface area contributed by atoms with Gasteiger partial charge in [0.15, 0.2) is 9.76 Å². The standard InChI is InChI=1S/C8H20O2Si/c1-5-8(6-2)11-10-7(3)9-4/h7-8H,5-6,11H2,1-4H3. The van der Waals surface area contributed by atoms with E-state index in [1.807, 2.05) is 6.92 Å². The molecule has 0 aromatic carbocycles. The van der Waals surface area contributed by atoms with Crippen molar-refractivity contribution in [3.05, 3.63) is 0 Å². The lowest BCUT2D eigenvalue weighted by molar-refractivity contribution is -0.0382. The van der Waals surface area contributed by atoms with E-state index in [1.165, 1.54) is 12.8 Å². The molecule has 0 spiro atoms. The van der Waals surface area contributed by atoms with Crippen molar-refractivity contribution in [3.63, 3.8) is 0 Å². The molecule has 11 heavy (non-hydrogen) atoms. The largest absolute Gasteiger partial charge is 0.400 e. The number of hydrogen-bond acceptors (Lipinski definition) is 2. The van der Waals surface area contributed by atoms with E-state index in [1.54, 1.807) is 7.11 Å². The highest BCUT2D eigenvalue weighted by atomic mass is 28.2. The first-order valence-electron chi connectivity index (χ1n) is 4.38. The molecule has 0 amide bonds. The van der Waals surface area contributed by atoms with Crippen LogP contribution < -0.4 is 0 Å². The fourth-order valence-electron chi connectivity index (χ4n) is 0.864. The van der Waals surface area contributed by atoms with Crippen LogP contribution in [0.2, 0.25) is 5.54 Å². The van der Waals surface area contributed by atoms with E-state index >= 15 is 0 Å². The molecule has 0 saturated heterocycles. The van der Waals surface area contributed by atoms with Crippen molar-refractivity contribution in [3.8, 4) is 0 Å². The van der Waals surface area contributed by atoms with Crippen molar-refractivity contribution in [2.45, 2.75) is 45.4 Å². The van der Waals surface area contributed by atoms with Crippen LogP contribution in [0.3, 0.4) is 0 Å². The normalized spacial score (nSPS) is 15.0. The van der Waals surface area contributed by atoms with E-state index in [4.69, 9.17) is 9.16 Å². The summed E-state index contributed by atoms with van der Waals surface area (Å²) in [7, 11) is 1.33. The highest BCUT2D eigenvalue weighted by molar-refractivity contribution is 6.29. The van der Waals surface area contributed by atoms with Gasteiger partial charge in [0.1, 0.15) is 6.29 Å². The third kappa shape index (κ3) is 5.41. The van der Waals surface area contributed by atoms with E-state index in [2.05, 4.69) is 13.8 Å². The summed E-state index contributed by atoms with van der Waals surface area (Å²) in [5.74, 6) is 0. The predicted octanol–water partition coefficient (Wildman–Crippen LogP) is 1.69. The molecule has 0 N–H and O–H groups in total. The summed E-state index contributed by atoms with van der Waals surface area (Å²) < 4.78 is 10.6. The molecule has 1 atom stereocenters. The molecule has 0 aliphatic carbocycles. The highest BCUT2D eigenvalue weighted by Crippen LogP contribution is 2.13. The minimum absolute atomic E-state index is 0.00210. The molecule has 0 aromatic rings. The van der Waals surface area contributed by atoms with Gasteiger partial charge in [0.05, 0.1) is 0 Å². The Balaban J connectivity index is 3.34. The lowest BCUT2D eigenvalue weighted by Gasteiger charge is -2.15. The van der Waals surface area contributed by atoms with Gasteiger partial charge in [0.25, 0.3) is 0 Å². The zero-order valence-corrected chi connectivity index (χ0v) is 9.51. The topological polar surface area (TPSA) is 18.5 Å². The summed E-state index contributed by atoms with van der Waals surface area (Å²) in [6.07, 6.45) is 2.50. The van der Waals surface area contributed by atoms with E-state index in [0.717, 1.165) is 5.54 Å². The van der Waals surface area contributed by atoms with Crippen molar-refractivity contribution in [2.24, 2.45) is 0 Å². The Morgan fingerprint density at radius 1 is 1.27 bits per heavy atom. The van der Waals surface area contributed by atoms with Gasteiger partial charge in [0.2, 0.25) is 0 Å². The first-order chi connectivity index (χ1) is 5.24. The molecule has 68 valence electrons. The van der Waals surface area contributed by atoms with Crippen molar-refractivity contribution >= 4 is 9.76 Å². The second-order valence-electron chi connectivity index (χ2n) is 2.82. The molecule has 0 saturated carbocycles. The number of hydrogen-bond donors (Lipinski definition) is 0. The Kier molecular flexibility index (Phi) is 6.91. The first-order valence-corrected chi connectivity index (χ1v) is 5.78. The Morgan fingerprint density at radius 2 is 1.82 bits per heavy atom. The van der Waals surface area contributed by atoms with Gasteiger partial charge >= 0.3 is 0 Å². The van der Waals surface area contributed by atoms with Crippen LogP contribution in [0, 0.1) is 0 Å². The quantitative estimate of drug-likeness (QED) is 0.453. The fraction of sp³-hybridized carbons (Fsp3) is 1.00. The highest BCUT2D eigenvalue weighted by Gasteiger charge is 2.06. The van der Waals surface area contributed by atoms with Crippen LogP contribution in [0.15, 0.2) is 0 Å². The minimum Gasteiger partial charge on any atom is -0.400 e. The van der Waals surface area contributed by atoms with Gasteiger partial charge < -0.3 is 9.16 Å². The molecule has 2 nitrogen and oxygen atoms in total. The van der Waals surface area contributed by atoms with Gasteiger partial charge in [-0.15, -0.1) is 0 Å². The fourth-order valence-corrected chi connectivity index (χ4v) is 2.01. The molecular formula is C8H20O2Si. The monoisotopic (exact) mass is 176 g/mol. The molecule has 0 aliphatic heterocycles. The van der Waals surface area contributed by atoms with Crippen LogP contribution >= 0.6 is 0 Å². The average Bonchev–Trinajstić information content (AvgIpc) is 2.06. The predicted molar refractivity (Wildman–Crippen MR) is 50.4 cm³/mol. The summed E-state index contributed by atoms with van der Waals surface area (Å²) in [6.45, 7) is 6.40. The third-order valence-electron chi connectivity index (χ3n) is 2.05. The number of ether oxygens (including phenoxy) is 1. The lowest BCUT2D eigenvalue weighted by atomic mass is 10.3. The molecule has 0 rings (SSSR count). The van der Waals surface area contributed by atoms with E-state index < -0.39 is 0 Å². The molecule has 0 fully saturated rings. The summed E-state index contributed by atoms with van der Waals surface area (Å²) >= 11 is 0. The Bertz CT molecular complexity index is 84.2. The van der Waals surface area contributed by atoms with Crippen molar-refractivity contribution < 1.29 is 9.16 Å². The van der Waals surface area contributed by atoms with E-state index in [9.17, 15) is 0 Å². The van der Waals surface area contributed by atoms with Crippen LogP contribution in [0.25, 0.3) is 0 Å². The van der Waals surface area contributed by atoms with Crippen LogP contribution in [-0.4, -0.2) is 23.2 Å².